The minimum absolute atomic E-state index is 0.130. The number of nitrogens with one attached hydrogen (secondary N) is 2. The lowest BCUT2D eigenvalue weighted by atomic mass is 10.1. The summed E-state index contributed by atoms with van der Waals surface area (Å²) in [5.41, 5.74) is 3.40. The van der Waals surface area contributed by atoms with Gasteiger partial charge in [-0.05, 0) is 44.4 Å². The minimum atomic E-state index is -0.288. The molecule has 0 aliphatic rings. The maximum atomic E-state index is 12.5. The van der Waals surface area contributed by atoms with Crippen LogP contribution in [0.25, 0.3) is 0 Å². The maximum Gasteiger partial charge on any atom is 0.239 e. The Morgan fingerprint density at radius 3 is 2.81 bits per heavy atom. The fourth-order valence-corrected chi connectivity index (χ4v) is 4.32. The van der Waals surface area contributed by atoms with Crippen LogP contribution < -0.4 is 10.6 Å². The largest absolute Gasteiger partial charge is 0.360 e. The van der Waals surface area contributed by atoms with Gasteiger partial charge in [-0.2, -0.15) is 0 Å². The van der Waals surface area contributed by atoms with Crippen LogP contribution in [0.15, 0.2) is 33.1 Å². The van der Waals surface area contributed by atoms with Gasteiger partial charge in [-0.25, -0.2) is 0 Å². The molecule has 0 bridgehead atoms. The Balaban J connectivity index is 1.64. The summed E-state index contributed by atoms with van der Waals surface area (Å²) < 4.78 is 5.71. The van der Waals surface area contributed by atoms with Crippen molar-refractivity contribution in [2.75, 3.05) is 10.6 Å². The molecule has 1 unspecified atom stereocenters. The number of benzene rings is 1. The number of carbonyl (C=O) groups is 1. The number of carbonyl (C=O) groups excluding carboxylic acids is 1. The van der Waals surface area contributed by atoms with E-state index >= 15 is 0 Å². The summed E-state index contributed by atoms with van der Waals surface area (Å²) in [7, 11) is 0. The van der Waals surface area contributed by atoms with Gasteiger partial charge in [0.2, 0.25) is 11.0 Å². The van der Waals surface area contributed by atoms with Crippen molar-refractivity contribution in [1.82, 2.24) is 15.4 Å². The van der Waals surface area contributed by atoms with E-state index in [2.05, 4.69) is 45.9 Å². The van der Waals surface area contributed by atoms with Gasteiger partial charge in [0.15, 0.2) is 10.2 Å². The molecule has 0 aliphatic carbocycles. The predicted molar refractivity (Wildman–Crippen MR) is 109 cm³/mol. The summed E-state index contributed by atoms with van der Waals surface area (Å²) in [5.74, 6) is 0.943. The number of thioether (sulfide) groups is 1. The molecule has 0 spiro atoms. The van der Waals surface area contributed by atoms with Gasteiger partial charge in [-0.1, -0.05) is 47.3 Å². The molecule has 1 amide bonds. The number of hydrogen-bond donors (Lipinski definition) is 2. The van der Waals surface area contributed by atoms with Crippen LogP contribution in [0.4, 0.5) is 16.6 Å². The highest BCUT2D eigenvalue weighted by Gasteiger charge is 2.21. The van der Waals surface area contributed by atoms with Crippen molar-refractivity contribution >= 4 is 45.6 Å². The first-order chi connectivity index (χ1) is 13.0. The molecule has 142 valence electrons. The second kappa shape index (κ2) is 8.53. The summed E-state index contributed by atoms with van der Waals surface area (Å²) in [5, 5.41) is 18.7. The number of nitrogens with zero attached hydrogens (tertiary/aromatic N) is 3. The van der Waals surface area contributed by atoms with E-state index in [0.29, 0.717) is 23.1 Å². The van der Waals surface area contributed by atoms with Crippen molar-refractivity contribution in [3.63, 3.8) is 0 Å². The third-order valence-electron chi connectivity index (χ3n) is 4.04. The van der Waals surface area contributed by atoms with Crippen LogP contribution in [-0.4, -0.2) is 26.5 Å². The molecule has 1 atom stereocenters. The van der Waals surface area contributed by atoms with Gasteiger partial charge in [0.1, 0.15) is 5.76 Å². The molecular weight excluding hydrogens is 382 g/mol. The normalized spacial score (nSPS) is 12.0. The number of anilines is 3. The van der Waals surface area contributed by atoms with E-state index in [1.165, 1.54) is 34.2 Å². The van der Waals surface area contributed by atoms with Gasteiger partial charge >= 0.3 is 0 Å². The number of aromatic nitrogens is 3. The van der Waals surface area contributed by atoms with Crippen LogP contribution in [0.2, 0.25) is 0 Å². The minimum Gasteiger partial charge on any atom is -0.360 e. The smallest absolute Gasteiger partial charge is 0.239 e. The van der Waals surface area contributed by atoms with E-state index in [4.69, 9.17) is 4.52 Å². The van der Waals surface area contributed by atoms with E-state index in [-0.39, 0.29) is 11.2 Å². The Hall–Kier alpha value is -2.39. The highest BCUT2D eigenvalue weighted by atomic mass is 32.2. The average molecular weight is 404 g/mol. The Kier molecular flexibility index (Phi) is 6.12. The van der Waals surface area contributed by atoms with Crippen molar-refractivity contribution in [1.29, 1.82) is 0 Å². The monoisotopic (exact) mass is 403 g/mol. The fourth-order valence-electron chi connectivity index (χ4n) is 2.39. The summed E-state index contributed by atoms with van der Waals surface area (Å²) in [4.78, 5) is 12.5. The predicted octanol–water partition coefficient (Wildman–Crippen LogP) is 4.70. The van der Waals surface area contributed by atoms with E-state index < -0.39 is 0 Å². The number of aryl methyl sites for hydroxylation is 2. The zero-order valence-electron chi connectivity index (χ0n) is 15.6. The zero-order chi connectivity index (χ0) is 19.4. The lowest BCUT2D eigenvalue weighted by Crippen LogP contribution is -2.24. The number of rotatable bonds is 7. The summed E-state index contributed by atoms with van der Waals surface area (Å²) in [6.07, 6.45) is 0.659. The van der Waals surface area contributed by atoms with Crippen LogP contribution in [0.1, 0.15) is 30.2 Å². The molecule has 2 heterocycles. The first-order valence-corrected chi connectivity index (χ1v) is 10.2. The van der Waals surface area contributed by atoms with E-state index in [1.54, 1.807) is 13.0 Å². The SMILES string of the molecule is CCC(Sc1nnc(Nc2cccc(C)c2C)s1)C(=O)Nc1cc(C)on1. The molecule has 9 heteroatoms. The van der Waals surface area contributed by atoms with Gasteiger partial charge in [-0.15, -0.1) is 10.2 Å². The first-order valence-electron chi connectivity index (χ1n) is 8.54. The maximum absolute atomic E-state index is 12.5. The number of amides is 1. The van der Waals surface area contributed by atoms with Crippen molar-refractivity contribution in [2.24, 2.45) is 0 Å². The van der Waals surface area contributed by atoms with Crippen LogP contribution in [0.3, 0.4) is 0 Å². The molecule has 0 radical (unpaired) electrons. The van der Waals surface area contributed by atoms with Gasteiger partial charge < -0.3 is 15.2 Å². The van der Waals surface area contributed by atoms with Gasteiger partial charge in [0.05, 0.1) is 5.25 Å². The van der Waals surface area contributed by atoms with E-state index in [0.717, 1.165) is 10.0 Å². The highest BCUT2D eigenvalue weighted by Crippen LogP contribution is 2.33. The first kappa shape index (κ1) is 19.4. The lowest BCUT2D eigenvalue weighted by molar-refractivity contribution is -0.115. The molecule has 27 heavy (non-hydrogen) atoms. The summed E-state index contributed by atoms with van der Waals surface area (Å²) in [6.45, 7) is 7.88. The third-order valence-corrected chi connectivity index (χ3v) is 6.33. The molecule has 7 nitrogen and oxygen atoms in total. The molecule has 0 saturated heterocycles. The number of hydrogen-bond acceptors (Lipinski definition) is 8. The fraction of sp³-hybridized carbons (Fsp3) is 0.333. The molecule has 2 N–H and O–H groups in total. The van der Waals surface area contributed by atoms with Gasteiger partial charge in [0.25, 0.3) is 0 Å². The Morgan fingerprint density at radius 2 is 2.11 bits per heavy atom. The Morgan fingerprint density at radius 1 is 1.30 bits per heavy atom. The Bertz CT molecular complexity index is 937. The second-order valence-electron chi connectivity index (χ2n) is 6.07. The molecule has 0 saturated carbocycles. The quantitative estimate of drug-likeness (QED) is 0.552. The van der Waals surface area contributed by atoms with Crippen molar-refractivity contribution in [3.05, 3.63) is 41.2 Å². The molecular formula is C18H21N5O2S2. The molecule has 0 aliphatic heterocycles. The molecule has 3 aromatic rings. The van der Waals surface area contributed by atoms with Gasteiger partial charge in [0, 0.05) is 11.8 Å². The summed E-state index contributed by atoms with van der Waals surface area (Å²) in [6, 6.07) is 7.78. The van der Waals surface area contributed by atoms with Crippen molar-refractivity contribution < 1.29 is 9.32 Å². The second-order valence-corrected chi connectivity index (χ2v) is 8.50. The molecule has 1 aromatic carbocycles. The standard InChI is InChI=1S/C18H21N5O2S2/c1-5-14(16(24)20-15-9-11(3)25-23-15)26-18-22-21-17(27-18)19-13-8-6-7-10(2)12(13)4/h6-9,14H,5H2,1-4H3,(H,19,21)(H,20,23,24). The highest BCUT2D eigenvalue weighted by molar-refractivity contribution is 8.02. The zero-order valence-corrected chi connectivity index (χ0v) is 17.2. The van der Waals surface area contributed by atoms with Crippen molar-refractivity contribution in [3.8, 4) is 0 Å². The summed E-state index contributed by atoms with van der Waals surface area (Å²) >= 11 is 2.83. The molecule has 2 aromatic heterocycles. The average Bonchev–Trinajstić information content (AvgIpc) is 3.25. The Labute approximate surface area is 165 Å². The van der Waals surface area contributed by atoms with Crippen LogP contribution in [0.5, 0.6) is 0 Å². The van der Waals surface area contributed by atoms with E-state index in [9.17, 15) is 4.79 Å². The topological polar surface area (TPSA) is 92.9 Å². The van der Waals surface area contributed by atoms with Crippen molar-refractivity contribution in [2.45, 2.75) is 43.7 Å². The molecule has 0 fully saturated rings. The third kappa shape index (κ3) is 4.86. The van der Waals surface area contributed by atoms with Crippen LogP contribution in [0, 0.1) is 20.8 Å². The van der Waals surface area contributed by atoms with Gasteiger partial charge in [-0.3, -0.25) is 4.79 Å². The lowest BCUT2D eigenvalue weighted by Gasteiger charge is -2.11. The van der Waals surface area contributed by atoms with Crippen LogP contribution >= 0.6 is 23.1 Å². The van der Waals surface area contributed by atoms with E-state index in [1.807, 2.05) is 19.1 Å². The van der Waals surface area contributed by atoms with Crippen LogP contribution in [-0.2, 0) is 4.79 Å². The molecule has 3 rings (SSSR count).